The Morgan fingerprint density at radius 3 is 2.50 bits per heavy atom. The second-order valence-electron chi connectivity index (χ2n) is 8.48. The monoisotopic (exact) mass is 400 g/mol. The maximum atomic E-state index is 12.8. The number of fused-ring (bicyclic) bond motifs is 1. The van der Waals surface area contributed by atoms with Crippen LogP contribution in [0.15, 0.2) is 54.6 Å². The lowest BCUT2D eigenvalue weighted by atomic mass is 9.91. The molecule has 2 heterocycles. The molecule has 30 heavy (non-hydrogen) atoms. The molecule has 1 N–H and O–H groups in total. The van der Waals surface area contributed by atoms with Crippen LogP contribution in [-0.4, -0.2) is 39.7 Å². The van der Waals surface area contributed by atoms with Crippen molar-refractivity contribution in [3.63, 3.8) is 0 Å². The zero-order valence-electron chi connectivity index (χ0n) is 17.5. The van der Waals surface area contributed by atoms with E-state index in [0.29, 0.717) is 5.69 Å². The molecule has 1 fully saturated rings. The van der Waals surface area contributed by atoms with Gasteiger partial charge in [0.1, 0.15) is 0 Å². The fourth-order valence-corrected chi connectivity index (χ4v) is 4.55. The standard InChI is InChI=1S/C25H28N4O/c1-18-16-24(27-29(18)23-6-3-2-4-7-23)25(30)26-21-11-10-19-12-14-28(22-8-5-9-22)15-13-20(19)17-21/h2-4,6-7,10-11,16-17,22H,5,8-9,12-15H2,1H3,(H,26,30). The van der Waals surface area contributed by atoms with Crippen molar-refractivity contribution >= 4 is 11.6 Å². The highest BCUT2D eigenvalue weighted by molar-refractivity contribution is 6.03. The third-order valence-electron chi connectivity index (χ3n) is 6.51. The van der Waals surface area contributed by atoms with Crippen LogP contribution in [-0.2, 0) is 12.8 Å². The van der Waals surface area contributed by atoms with Gasteiger partial charge in [-0.25, -0.2) is 4.68 Å². The summed E-state index contributed by atoms with van der Waals surface area (Å²) >= 11 is 0. The number of aryl methyl sites for hydroxylation is 1. The van der Waals surface area contributed by atoms with Crippen molar-refractivity contribution in [3.05, 3.63) is 77.1 Å². The van der Waals surface area contributed by atoms with Crippen LogP contribution in [0.4, 0.5) is 5.69 Å². The van der Waals surface area contributed by atoms with Crippen LogP contribution in [0.3, 0.4) is 0 Å². The van der Waals surface area contributed by atoms with Gasteiger partial charge >= 0.3 is 0 Å². The molecule has 3 aromatic rings. The van der Waals surface area contributed by atoms with Gasteiger partial charge < -0.3 is 5.32 Å². The first-order valence-electron chi connectivity index (χ1n) is 11.0. The van der Waals surface area contributed by atoms with E-state index in [-0.39, 0.29) is 5.91 Å². The largest absolute Gasteiger partial charge is 0.321 e. The van der Waals surface area contributed by atoms with Gasteiger partial charge in [-0.05, 0) is 74.1 Å². The summed E-state index contributed by atoms with van der Waals surface area (Å²) in [6, 6.07) is 18.9. The minimum atomic E-state index is -0.169. The number of nitrogens with zero attached hydrogens (tertiary/aromatic N) is 3. The molecule has 0 saturated heterocycles. The number of para-hydroxylation sites is 1. The number of rotatable bonds is 4. The number of anilines is 1. The molecule has 2 aromatic carbocycles. The van der Waals surface area contributed by atoms with E-state index in [9.17, 15) is 4.79 Å². The normalized spacial score (nSPS) is 17.1. The Bertz CT molecular complexity index is 1050. The molecular weight excluding hydrogens is 372 g/mol. The van der Waals surface area contributed by atoms with E-state index in [2.05, 4.69) is 27.4 Å². The van der Waals surface area contributed by atoms with Crippen LogP contribution in [0.2, 0.25) is 0 Å². The van der Waals surface area contributed by atoms with Crippen molar-refractivity contribution in [1.82, 2.24) is 14.7 Å². The van der Waals surface area contributed by atoms with Gasteiger partial charge in [-0.3, -0.25) is 9.69 Å². The second kappa shape index (κ2) is 8.07. The number of benzene rings is 2. The van der Waals surface area contributed by atoms with Crippen LogP contribution >= 0.6 is 0 Å². The summed E-state index contributed by atoms with van der Waals surface area (Å²) in [6.07, 6.45) is 6.24. The number of carbonyl (C=O) groups is 1. The summed E-state index contributed by atoms with van der Waals surface area (Å²) in [7, 11) is 0. The number of amides is 1. The topological polar surface area (TPSA) is 50.2 Å². The highest BCUT2D eigenvalue weighted by atomic mass is 16.1. The van der Waals surface area contributed by atoms with Crippen LogP contribution in [0, 0.1) is 6.92 Å². The zero-order chi connectivity index (χ0) is 20.5. The number of aromatic nitrogens is 2. The van der Waals surface area contributed by atoms with Gasteiger partial charge in [0.05, 0.1) is 5.69 Å². The maximum Gasteiger partial charge on any atom is 0.276 e. The summed E-state index contributed by atoms with van der Waals surface area (Å²) < 4.78 is 1.81. The average Bonchev–Trinajstić information content (AvgIpc) is 3.00. The third-order valence-corrected chi connectivity index (χ3v) is 6.51. The van der Waals surface area contributed by atoms with Gasteiger partial charge in [-0.15, -0.1) is 0 Å². The second-order valence-corrected chi connectivity index (χ2v) is 8.48. The average molecular weight is 401 g/mol. The molecule has 5 rings (SSSR count). The first-order valence-corrected chi connectivity index (χ1v) is 11.0. The molecule has 0 bridgehead atoms. The lowest BCUT2D eigenvalue weighted by molar-refractivity contribution is 0.102. The van der Waals surface area contributed by atoms with Crippen molar-refractivity contribution in [2.45, 2.75) is 45.1 Å². The van der Waals surface area contributed by atoms with Gasteiger partial charge in [0, 0.05) is 30.5 Å². The number of hydrogen-bond donors (Lipinski definition) is 1. The fourth-order valence-electron chi connectivity index (χ4n) is 4.55. The minimum Gasteiger partial charge on any atom is -0.321 e. The summed E-state index contributed by atoms with van der Waals surface area (Å²) in [5, 5.41) is 7.57. The van der Waals surface area contributed by atoms with Crippen LogP contribution in [0.25, 0.3) is 5.69 Å². The fraction of sp³-hybridized carbons (Fsp3) is 0.360. The Balaban J connectivity index is 1.30. The highest BCUT2D eigenvalue weighted by Gasteiger charge is 2.26. The van der Waals surface area contributed by atoms with Gasteiger partial charge in [0.25, 0.3) is 5.91 Å². The Morgan fingerprint density at radius 1 is 1.00 bits per heavy atom. The van der Waals surface area contributed by atoms with Crippen molar-refractivity contribution in [3.8, 4) is 5.69 Å². The molecule has 1 saturated carbocycles. The summed E-state index contributed by atoms with van der Waals surface area (Å²) in [5.41, 5.74) is 5.95. The van der Waals surface area contributed by atoms with Gasteiger partial charge in [0.15, 0.2) is 5.69 Å². The van der Waals surface area contributed by atoms with Crippen molar-refractivity contribution in [2.75, 3.05) is 18.4 Å². The number of nitrogens with one attached hydrogen (secondary N) is 1. The van der Waals surface area contributed by atoms with E-state index in [1.165, 1.54) is 30.4 Å². The lowest BCUT2D eigenvalue weighted by Crippen LogP contribution is -2.41. The zero-order valence-corrected chi connectivity index (χ0v) is 17.5. The lowest BCUT2D eigenvalue weighted by Gasteiger charge is -2.36. The first-order chi connectivity index (χ1) is 14.7. The Hall–Kier alpha value is -2.92. The first kappa shape index (κ1) is 19.1. The van der Waals surface area contributed by atoms with E-state index in [4.69, 9.17) is 0 Å². The molecule has 154 valence electrons. The van der Waals surface area contributed by atoms with Gasteiger partial charge in [0.2, 0.25) is 0 Å². The summed E-state index contributed by atoms with van der Waals surface area (Å²) in [5.74, 6) is -0.169. The van der Waals surface area contributed by atoms with E-state index in [1.54, 1.807) is 4.68 Å². The predicted octanol–water partition coefficient (Wildman–Crippen LogP) is 4.39. The number of carbonyl (C=O) groups excluding carboxylic acids is 1. The molecule has 1 aliphatic carbocycles. The molecule has 0 unspecified atom stereocenters. The van der Waals surface area contributed by atoms with Gasteiger partial charge in [-0.1, -0.05) is 30.7 Å². The van der Waals surface area contributed by atoms with E-state index < -0.39 is 0 Å². The molecular formula is C25H28N4O. The van der Waals surface area contributed by atoms with Crippen LogP contribution < -0.4 is 5.32 Å². The molecule has 1 aromatic heterocycles. The van der Waals surface area contributed by atoms with Crippen molar-refractivity contribution in [1.29, 1.82) is 0 Å². The quantitative estimate of drug-likeness (QED) is 0.707. The summed E-state index contributed by atoms with van der Waals surface area (Å²) in [4.78, 5) is 15.5. The molecule has 2 aliphatic rings. The van der Waals surface area contributed by atoms with Crippen molar-refractivity contribution < 1.29 is 4.79 Å². The Kier molecular flexibility index (Phi) is 5.13. The molecule has 1 aliphatic heterocycles. The van der Waals surface area contributed by atoms with E-state index in [1.807, 2.05) is 49.4 Å². The van der Waals surface area contributed by atoms with Crippen LogP contribution in [0.5, 0.6) is 0 Å². The highest BCUT2D eigenvalue weighted by Crippen LogP contribution is 2.28. The van der Waals surface area contributed by atoms with E-state index >= 15 is 0 Å². The van der Waals surface area contributed by atoms with Crippen molar-refractivity contribution in [2.24, 2.45) is 0 Å². The smallest absolute Gasteiger partial charge is 0.276 e. The Morgan fingerprint density at radius 2 is 1.77 bits per heavy atom. The molecule has 0 spiro atoms. The molecule has 5 nitrogen and oxygen atoms in total. The molecule has 0 atom stereocenters. The summed E-state index contributed by atoms with van der Waals surface area (Å²) in [6.45, 7) is 4.24. The van der Waals surface area contributed by atoms with Crippen LogP contribution in [0.1, 0.15) is 46.6 Å². The van der Waals surface area contributed by atoms with Gasteiger partial charge in [-0.2, -0.15) is 5.10 Å². The number of hydrogen-bond acceptors (Lipinski definition) is 3. The SMILES string of the molecule is Cc1cc(C(=O)Nc2ccc3c(c2)CCN(C2CCC2)CC3)nn1-c1ccccc1. The van der Waals surface area contributed by atoms with E-state index in [0.717, 1.165) is 49.0 Å². The molecule has 5 heteroatoms. The molecule has 1 amide bonds. The third kappa shape index (κ3) is 3.77. The Labute approximate surface area is 177 Å². The molecule has 0 radical (unpaired) electrons. The maximum absolute atomic E-state index is 12.8. The predicted molar refractivity (Wildman–Crippen MR) is 119 cm³/mol. The minimum absolute atomic E-state index is 0.169.